The number of carbonyl (C=O) groups excluding carboxylic acids is 1. The van der Waals surface area contributed by atoms with Gasteiger partial charge in [0.2, 0.25) is 0 Å². The number of hydrogen-bond acceptors (Lipinski definition) is 3. The molecule has 4 heteroatoms. The second kappa shape index (κ2) is 4.79. The molecule has 4 nitrogen and oxygen atoms in total. The molecule has 0 aliphatic carbocycles. The molecule has 0 spiro atoms. The zero-order valence-electron chi connectivity index (χ0n) is 9.75. The summed E-state index contributed by atoms with van der Waals surface area (Å²) in [5.74, 6) is -1.03. The van der Waals surface area contributed by atoms with Gasteiger partial charge in [-0.25, -0.2) is 4.79 Å². The molecule has 0 saturated carbocycles. The molecule has 1 N–H and O–H groups in total. The van der Waals surface area contributed by atoms with E-state index in [-0.39, 0.29) is 11.3 Å². The van der Waals surface area contributed by atoms with E-state index in [1.165, 1.54) is 19.1 Å². The Labute approximate surface area is 104 Å². The van der Waals surface area contributed by atoms with Crippen LogP contribution in [0.3, 0.4) is 0 Å². The lowest BCUT2D eigenvalue weighted by molar-refractivity contribution is 0.0696. The summed E-state index contributed by atoms with van der Waals surface area (Å²) in [5, 5.41) is 8.92. The fourth-order valence-corrected chi connectivity index (χ4v) is 1.62. The summed E-state index contributed by atoms with van der Waals surface area (Å²) in [7, 11) is 0. The van der Waals surface area contributed by atoms with Gasteiger partial charge in [0.05, 0.1) is 11.3 Å². The van der Waals surface area contributed by atoms with Gasteiger partial charge in [0.1, 0.15) is 0 Å². The summed E-state index contributed by atoms with van der Waals surface area (Å²) in [5.41, 5.74) is 2.02. The van der Waals surface area contributed by atoms with Gasteiger partial charge in [-0.2, -0.15) is 0 Å². The van der Waals surface area contributed by atoms with Crippen molar-refractivity contribution in [1.29, 1.82) is 0 Å². The molecule has 0 unspecified atom stereocenters. The second-order valence-corrected chi connectivity index (χ2v) is 3.87. The Balaban J connectivity index is 2.48. The molecule has 0 aliphatic heterocycles. The van der Waals surface area contributed by atoms with Crippen molar-refractivity contribution in [2.24, 2.45) is 0 Å². The van der Waals surface area contributed by atoms with E-state index in [9.17, 15) is 9.59 Å². The highest BCUT2D eigenvalue weighted by molar-refractivity contribution is 5.95. The van der Waals surface area contributed by atoms with Crippen molar-refractivity contribution in [2.45, 2.75) is 6.92 Å². The summed E-state index contributed by atoms with van der Waals surface area (Å²) in [6, 6.07) is 9.75. The van der Waals surface area contributed by atoms with Crippen LogP contribution in [-0.2, 0) is 0 Å². The SMILES string of the molecule is CC(=O)c1ccnc(-c2cccc(C(=O)O)c2)c1. The van der Waals surface area contributed by atoms with Crippen molar-refractivity contribution < 1.29 is 14.7 Å². The monoisotopic (exact) mass is 241 g/mol. The molecule has 2 aromatic rings. The fourth-order valence-electron chi connectivity index (χ4n) is 1.62. The predicted octanol–water partition coefficient (Wildman–Crippen LogP) is 2.65. The minimum atomic E-state index is -0.987. The number of ketones is 1. The quantitative estimate of drug-likeness (QED) is 0.839. The highest BCUT2D eigenvalue weighted by Gasteiger charge is 2.07. The molecular weight excluding hydrogens is 230 g/mol. The first-order chi connectivity index (χ1) is 8.58. The third-order valence-corrected chi connectivity index (χ3v) is 2.57. The molecule has 90 valence electrons. The molecule has 1 heterocycles. The maximum absolute atomic E-state index is 11.3. The number of benzene rings is 1. The number of hydrogen-bond donors (Lipinski definition) is 1. The minimum absolute atomic E-state index is 0.0481. The first-order valence-electron chi connectivity index (χ1n) is 5.38. The first-order valence-corrected chi connectivity index (χ1v) is 5.38. The number of nitrogens with zero attached hydrogens (tertiary/aromatic N) is 1. The molecule has 0 amide bonds. The molecular formula is C14H11NO3. The van der Waals surface area contributed by atoms with Crippen LogP contribution in [0.25, 0.3) is 11.3 Å². The molecule has 0 atom stereocenters. The first kappa shape index (κ1) is 12.0. The van der Waals surface area contributed by atoms with Crippen LogP contribution in [0.15, 0.2) is 42.6 Å². The molecule has 2 rings (SSSR count). The van der Waals surface area contributed by atoms with Crippen LogP contribution in [0.4, 0.5) is 0 Å². The van der Waals surface area contributed by atoms with E-state index in [0.29, 0.717) is 16.8 Å². The number of carboxylic acids is 1. The van der Waals surface area contributed by atoms with Crippen LogP contribution in [0.2, 0.25) is 0 Å². The molecule has 0 bridgehead atoms. The van der Waals surface area contributed by atoms with E-state index in [0.717, 1.165) is 0 Å². The summed E-state index contributed by atoms with van der Waals surface area (Å²) in [6.45, 7) is 1.48. The van der Waals surface area contributed by atoms with Gasteiger partial charge in [-0.1, -0.05) is 12.1 Å². The van der Waals surface area contributed by atoms with Crippen molar-refractivity contribution in [3.05, 3.63) is 53.7 Å². The number of carboxylic acid groups (broad SMARTS) is 1. The van der Waals surface area contributed by atoms with Crippen molar-refractivity contribution in [1.82, 2.24) is 4.98 Å². The number of aromatic nitrogens is 1. The van der Waals surface area contributed by atoms with Crippen LogP contribution in [-0.4, -0.2) is 21.8 Å². The van der Waals surface area contributed by atoms with Gasteiger partial charge in [-0.05, 0) is 31.2 Å². The third kappa shape index (κ3) is 2.43. The maximum Gasteiger partial charge on any atom is 0.335 e. The smallest absolute Gasteiger partial charge is 0.335 e. The molecule has 18 heavy (non-hydrogen) atoms. The average Bonchev–Trinajstić information content (AvgIpc) is 2.39. The van der Waals surface area contributed by atoms with Gasteiger partial charge in [0.15, 0.2) is 5.78 Å². The highest BCUT2D eigenvalue weighted by Crippen LogP contribution is 2.19. The number of rotatable bonds is 3. The minimum Gasteiger partial charge on any atom is -0.478 e. The largest absolute Gasteiger partial charge is 0.478 e. The van der Waals surface area contributed by atoms with Crippen LogP contribution < -0.4 is 0 Å². The number of Topliss-reactive ketones (excluding diaryl/α,β-unsaturated/α-hetero) is 1. The van der Waals surface area contributed by atoms with E-state index in [1.807, 2.05) is 0 Å². The van der Waals surface area contributed by atoms with Crippen molar-refractivity contribution >= 4 is 11.8 Å². The highest BCUT2D eigenvalue weighted by atomic mass is 16.4. The topological polar surface area (TPSA) is 67.3 Å². The standard InChI is InChI=1S/C14H11NO3/c1-9(16)10-5-6-15-13(8-10)11-3-2-4-12(7-11)14(17)18/h2-8H,1H3,(H,17,18). The summed E-state index contributed by atoms with van der Waals surface area (Å²) in [4.78, 5) is 26.3. The van der Waals surface area contributed by atoms with Crippen molar-refractivity contribution in [2.75, 3.05) is 0 Å². The Bertz CT molecular complexity index is 564. The third-order valence-electron chi connectivity index (χ3n) is 2.57. The Hall–Kier alpha value is -2.49. The van der Waals surface area contributed by atoms with Gasteiger partial charge >= 0.3 is 5.97 Å². The average molecular weight is 241 g/mol. The molecule has 1 aromatic heterocycles. The van der Waals surface area contributed by atoms with E-state index in [1.54, 1.807) is 30.5 Å². The predicted molar refractivity (Wildman–Crippen MR) is 66.6 cm³/mol. The van der Waals surface area contributed by atoms with Crippen LogP contribution >= 0.6 is 0 Å². The molecule has 0 saturated heterocycles. The Morgan fingerprint density at radius 3 is 2.56 bits per heavy atom. The van der Waals surface area contributed by atoms with Crippen molar-refractivity contribution in [3.63, 3.8) is 0 Å². The van der Waals surface area contributed by atoms with Crippen LogP contribution in [0.5, 0.6) is 0 Å². The van der Waals surface area contributed by atoms with Gasteiger partial charge < -0.3 is 5.11 Å². The summed E-state index contributed by atoms with van der Waals surface area (Å²) in [6.07, 6.45) is 1.54. The maximum atomic E-state index is 11.3. The normalized spacial score (nSPS) is 10.1. The van der Waals surface area contributed by atoms with Gasteiger partial charge in [-0.15, -0.1) is 0 Å². The second-order valence-electron chi connectivity index (χ2n) is 3.87. The van der Waals surface area contributed by atoms with E-state index in [4.69, 9.17) is 5.11 Å². The zero-order valence-corrected chi connectivity index (χ0v) is 9.75. The molecule has 0 radical (unpaired) electrons. The number of aromatic carboxylic acids is 1. The van der Waals surface area contributed by atoms with Gasteiger partial charge in [0.25, 0.3) is 0 Å². The fraction of sp³-hybridized carbons (Fsp3) is 0.0714. The molecule has 0 aliphatic rings. The van der Waals surface area contributed by atoms with Crippen LogP contribution in [0.1, 0.15) is 27.6 Å². The lowest BCUT2D eigenvalue weighted by Gasteiger charge is -2.03. The van der Waals surface area contributed by atoms with Crippen LogP contribution in [0, 0.1) is 0 Å². The number of carbonyl (C=O) groups is 2. The lowest BCUT2D eigenvalue weighted by Crippen LogP contribution is -1.97. The summed E-state index contributed by atoms with van der Waals surface area (Å²) >= 11 is 0. The van der Waals surface area contributed by atoms with Crippen molar-refractivity contribution in [3.8, 4) is 11.3 Å². The van der Waals surface area contributed by atoms with Gasteiger partial charge in [-0.3, -0.25) is 9.78 Å². The molecule has 1 aromatic carbocycles. The lowest BCUT2D eigenvalue weighted by atomic mass is 10.1. The zero-order chi connectivity index (χ0) is 13.1. The van der Waals surface area contributed by atoms with E-state index in [2.05, 4.69) is 4.98 Å². The Morgan fingerprint density at radius 2 is 1.89 bits per heavy atom. The Morgan fingerprint density at radius 1 is 1.11 bits per heavy atom. The van der Waals surface area contributed by atoms with E-state index >= 15 is 0 Å². The van der Waals surface area contributed by atoms with Gasteiger partial charge in [0, 0.05) is 17.3 Å². The number of pyridine rings is 1. The van der Waals surface area contributed by atoms with E-state index < -0.39 is 5.97 Å². The molecule has 0 fully saturated rings. The Kier molecular flexibility index (Phi) is 3.19. The summed E-state index contributed by atoms with van der Waals surface area (Å²) < 4.78 is 0.